The number of hydrogen-bond donors (Lipinski definition) is 1. The van der Waals surface area contributed by atoms with Crippen LogP contribution in [0.3, 0.4) is 0 Å². The summed E-state index contributed by atoms with van der Waals surface area (Å²) in [5.74, 6) is 0. The van der Waals surface area contributed by atoms with Gasteiger partial charge in [0.1, 0.15) is 0 Å². The normalized spacial score (nSPS) is 22.1. The van der Waals surface area contributed by atoms with Gasteiger partial charge in [-0.25, -0.2) is 0 Å². The molecule has 1 aliphatic heterocycles. The molecule has 0 bridgehead atoms. The molecule has 1 rings (SSSR count). The lowest BCUT2D eigenvalue weighted by molar-refractivity contribution is 0.425. The smallest absolute Gasteiger partial charge is 0.00387 e. The maximum absolute atomic E-state index is 3.38. The Morgan fingerprint density at radius 1 is 1.18 bits per heavy atom. The average molecular weight is 271 g/mol. The van der Waals surface area contributed by atoms with E-state index < -0.39 is 0 Å². The SMILES string of the molecule is CC.CC1CCCCN1.CI. The third kappa shape index (κ3) is 10.7. The highest BCUT2D eigenvalue weighted by Gasteiger charge is 2.04. The zero-order valence-electron chi connectivity index (χ0n) is 8.28. The lowest BCUT2D eigenvalue weighted by atomic mass is 10.1. The number of alkyl halides is 1. The van der Waals surface area contributed by atoms with E-state index in [1.165, 1.54) is 25.8 Å². The van der Waals surface area contributed by atoms with Gasteiger partial charge in [0.15, 0.2) is 0 Å². The Morgan fingerprint density at radius 2 is 1.73 bits per heavy atom. The largest absolute Gasteiger partial charge is 0.314 e. The second kappa shape index (κ2) is 13.3. The van der Waals surface area contributed by atoms with E-state index in [1.54, 1.807) is 0 Å². The van der Waals surface area contributed by atoms with Crippen molar-refractivity contribution in [3.05, 3.63) is 0 Å². The van der Waals surface area contributed by atoms with Gasteiger partial charge >= 0.3 is 0 Å². The molecule has 1 aliphatic rings. The molecule has 1 unspecified atom stereocenters. The summed E-state index contributed by atoms with van der Waals surface area (Å²) in [6.07, 6.45) is 4.18. The van der Waals surface area contributed by atoms with Crippen LogP contribution in [0.15, 0.2) is 0 Å². The topological polar surface area (TPSA) is 12.0 Å². The quantitative estimate of drug-likeness (QED) is 0.527. The van der Waals surface area contributed by atoms with E-state index in [4.69, 9.17) is 0 Å². The van der Waals surface area contributed by atoms with E-state index in [2.05, 4.69) is 34.8 Å². The maximum Gasteiger partial charge on any atom is 0.00387 e. The predicted molar refractivity (Wildman–Crippen MR) is 62.6 cm³/mol. The zero-order chi connectivity index (χ0) is 9.11. The lowest BCUT2D eigenvalue weighted by Crippen LogP contribution is -2.30. The van der Waals surface area contributed by atoms with Crippen molar-refractivity contribution in [3.8, 4) is 0 Å². The van der Waals surface area contributed by atoms with Gasteiger partial charge < -0.3 is 5.32 Å². The molecule has 1 N–H and O–H groups in total. The average Bonchev–Trinajstić information content (AvgIpc) is 2.13. The van der Waals surface area contributed by atoms with Crippen LogP contribution >= 0.6 is 22.6 Å². The molecule has 2 heteroatoms. The molecule has 0 saturated carbocycles. The first kappa shape index (κ1) is 14.2. The van der Waals surface area contributed by atoms with E-state index in [9.17, 15) is 0 Å². The molecule has 0 aliphatic carbocycles. The first-order chi connectivity index (χ1) is 5.39. The molecule has 0 radical (unpaired) electrons. The van der Waals surface area contributed by atoms with Crippen LogP contribution in [0.4, 0.5) is 0 Å². The summed E-state index contributed by atoms with van der Waals surface area (Å²) < 4.78 is 0. The van der Waals surface area contributed by atoms with Gasteiger partial charge in [-0.3, -0.25) is 0 Å². The highest BCUT2D eigenvalue weighted by atomic mass is 127. The molecule has 0 aromatic carbocycles. The minimum Gasteiger partial charge on any atom is -0.314 e. The molecule has 1 nitrogen and oxygen atoms in total. The van der Waals surface area contributed by atoms with Crippen LogP contribution in [0.1, 0.15) is 40.0 Å². The summed E-state index contributed by atoms with van der Waals surface area (Å²) in [6.45, 7) is 7.49. The van der Waals surface area contributed by atoms with E-state index >= 15 is 0 Å². The van der Waals surface area contributed by atoms with Gasteiger partial charge in [0, 0.05) is 6.04 Å². The number of hydrogen-bond acceptors (Lipinski definition) is 1. The Bertz CT molecular complexity index is 51.5. The van der Waals surface area contributed by atoms with Crippen molar-refractivity contribution in [1.29, 1.82) is 0 Å². The van der Waals surface area contributed by atoms with Crippen LogP contribution in [0, 0.1) is 0 Å². The Labute approximate surface area is 85.5 Å². The standard InChI is InChI=1S/C6H13N.C2H6.CH3I/c1-6-4-2-3-5-7-6;2*1-2/h6-7H,2-5H2,1H3;1-2H3;1H3. The zero-order valence-corrected chi connectivity index (χ0v) is 10.4. The molecule has 0 amide bonds. The van der Waals surface area contributed by atoms with Gasteiger partial charge in [-0.05, 0) is 31.2 Å². The Balaban J connectivity index is 0. The van der Waals surface area contributed by atoms with Crippen molar-refractivity contribution in [1.82, 2.24) is 5.32 Å². The molecule has 1 fully saturated rings. The van der Waals surface area contributed by atoms with Gasteiger partial charge in [0.2, 0.25) is 0 Å². The molecule has 11 heavy (non-hydrogen) atoms. The fraction of sp³-hybridized carbons (Fsp3) is 1.00. The molecular weight excluding hydrogens is 249 g/mol. The van der Waals surface area contributed by atoms with E-state index in [0.29, 0.717) is 0 Å². The Hall–Kier alpha value is 0.690. The first-order valence-electron chi connectivity index (χ1n) is 4.51. The van der Waals surface area contributed by atoms with Crippen molar-refractivity contribution in [3.63, 3.8) is 0 Å². The molecule has 0 aromatic rings. The van der Waals surface area contributed by atoms with Crippen molar-refractivity contribution >= 4 is 22.6 Å². The van der Waals surface area contributed by atoms with Gasteiger partial charge in [0.25, 0.3) is 0 Å². The van der Waals surface area contributed by atoms with Crippen LogP contribution in [0.5, 0.6) is 0 Å². The molecule has 1 atom stereocenters. The molecule has 1 heterocycles. The fourth-order valence-corrected chi connectivity index (χ4v) is 1.03. The van der Waals surface area contributed by atoms with Crippen LogP contribution in [0.2, 0.25) is 0 Å². The highest BCUT2D eigenvalue weighted by molar-refractivity contribution is 14.1. The van der Waals surface area contributed by atoms with Crippen LogP contribution in [-0.2, 0) is 0 Å². The number of nitrogens with one attached hydrogen (secondary N) is 1. The van der Waals surface area contributed by atoms with Crippen molar-refractivity contribution < 1.29 is 0 Å². The molecule has 0 spiro atoms. The number of halogens is 1. The summed E-state index contributed by atoms with van der Waals surface area (Å²) >= 11 is 2.15. The summed E-state index contributed by atoms with van der Waals surface area (Å²) in [5, 5.41) is 3.38. The summed E-state index contributed by atoms with van der Waals surface area (Å²) in [4.78, 5) is 1.97. The Kier molecular flexibility index (Phi) is 17.2. The monoisotopic (exact) mass is 271 g/mol. The summed E-state index contributed by atoms with van der Waals surface area (Å²) in [6, 6.07) is 0.786. The number of rotatable bonds is 0. The maximum atomic E-state index is 3.38. The van der Waals surface area contributed by atoms with Gasteiger partial charge in [0.05, 0.1) is 0 Å². The van der Waals surface area contributed by atoms with Crippen molar-refractivity contribution in [2.24, 2.45) is 0 Å². The lowest BCUT2D eigenvalue weighted by Gasteiger charge is -2.18. The van der Waals surface area contributed by atoms with E-state index in [1.807, 2.05) is 18.8 Å². The minimum absolute atomic E-state index is 0.786. The van der Waals surface area contributed by atoms with Crippen molar-refractivity contribution in [2.75, 3.05) is 11.5 Å². The molecular formula is C9H22IN. The first-order valence-corrected chi connectivity index (χ1v) is 6.66. The van der Waals surface area contributed by atoms with Gasteiger partial charge in [-0.2, -0.15) is 0 Å². The highest BCUT2D eigenvalue weighted by Crippen LogP contribution is 2.04. The summed E-state index contributed by atoms with van der Waals surface area (Å²) in [7, 11) is 0. The third-order valence-electron chi connectivity index (χ3n) is 1.56. The predicted octanol–water partition coefficient (Wildman–Crippen LogP) is 3.23. The van der Waals surface area contributed by atoms with Gasteiger partial charge in [-0.1, -0.05) is 42.9 Å². The van der Waals surface area contributed by atoms with E-state index in [0.717, 1.165) is 6.04 Å². The fourth-order valence-electron chi connectivity index (χ4n) is 1.03. The number of piperidine rings is 1. The van der Waals surface area contributed by atoms with Crippen LogP contribution in [0.25, 0.3) is 0 Å². The third-order valence-corrected chi connectivity index (χ3v) is 1.56. The molecule has 1 saturated heterocycles. The minimum atomic E-state index is 0.786. The second-order valence-electron chi connectivity index (χ2n) is 2.35. The van der Waals surface area contributed by atoms with Gasteiger partial charge in [-0.15, -0.1) is 0 Å². The summed E-state index contributed by atoms with van der Waals surface area (Å²) in [5.41, 5.74) is 0. The van der Waals surface area contributed by atoms with E-state index in [-0.39, 0.29) is 0 Å². The Morgan fingerprint density at radius 3 is 1.91 bits per heavy atom. The second-order valence-corrected chi connectivity index (χ2v) is 2.35. The van der Waals surface area contributed by atoms with Crippen LogP contribution < -0.4 is 5.32 Å². The molecule has 70 valence electrons. The van der Waals surface area contributed by atoms with Crippen LogP contribution in [-0.4, -0.2) is 17.5 Å². The molecule has 0 aromatic heterocycles. The van der Waals surface area contributed by atoms with Crippen molar-refractivity contribution in [2.45, 2.75) is 46.1 Å².